The van der Waals surface area contributed by atoms with Crippen LogP contribution in [0.3, 0.4) is 0 Å². The molecule has 0 bridgehead atoms. The number of carboxylic acid groups (broad SMARTS) is 2. The molecule has 0 spiro atoms. The molecule has 7 heteroatoms. The maximum atomic E-state index is 10.6. The fraction of sp³-hybridized carbons (Fsp3) is 0.500. The minimum absolute atomic E-state index is 0.546. The molecule has 0 aromatic heterocycles. The Balaban J connectivity index is 4.51. The number of carbonyl (C=O) groups is 3. The van der Waals surface area contributed by atoms with Gasteiger partial charge in [-0.15, -0.1) is 0 Å². The van der Waals surface area contributed by atoms with Crippen LogP contribution in [0.5, 0.6) is 0 Å². The SMILES string of the molecule is CC(C(=O)O)N(CC(=O)O)C(N)=O. The lowest BCUT2D eigenvalue weighted by molar-refractivity contribution is -0.143. The molecule has 0 radical (unpaired) electrons. The monoisotopic (exact) mass is 190 g/mol. The predicted molar refractivity (Wildman–Crippen MR) is 41.0 cm³/mol. The summed E-state index contributed by atoms with van der Waals surface area (Å²) in [6, 6.07) is -2.31. The number of hydrogen-bond acceptors (Lipinski definition) is 3. The number of urea groups is 1. The summed E-state index contributed by atoms with van der Waals surface area (Å²) in [6.45, 7) is 0.457. The fourth-order valence-corrected chi connectivity index (χ4v) is 0.685. The number of carboxylic acids is 2. The number of nitrogens with zero attached hydrogens (tertiary/aromatic N) is 1. The predicted octanol–water partition coefficient (Wildman–Crippen LogP) is -1.08. The summed E-state index contributed by atoms with van der Waals surface area (Å²) in [5.74, 6) is -2.62. The summed E-state index contributed by atoms with van der Waals surface area (Å²) in [4.78, 5) is 31.7. The van der Waals surface area contributed by atoms with Crippen molar-refractivity contribution in [1.29, 1.82) is 0 Å². The van der Waals surface area contributed by atoms with Gasteiger partial charge in [-0.3, -0.25) is 4.79 Å². The second-order valence-corrected chi connectivity index (χ2v) is 2.37. The number of hydrogen-bond donors (Lipinski definition) is 3. The minimum atomic E-state index is -1.31. The van der Waals surface area contributed by atoms with Gasteiger partial charge in [0.2, 0.25) is 0 Å². The van der Waals surface area contributed by atoms with E-state index >= 15 is 0 Å². The van der Waals surface area contributed by atoms with Crippen LogP contribution in [0.15, 0.2) is 0 Å². The molecular weight excluding hydrogens is 180 g/mol. The molecule has 4 N–H and O–H groups in total. The molecule has 0 aromatic carbocycles. The Morgan fingerprint density at radius 2 is 1.85 bits per heavy atom. The van der Waals surface area contributed by atoms with Crippen LogP contribution in [-0.2, 0) is 9.59 Å². The summed E-state index contributed by atoms with van der Waals surface area (Å²) >= 11 is 0. The zero-order chi connectivity index (χ0) is 10.6. The van der Waals surface area contributed by atoms with Gasteiger partial charge in [0.1, 0.15) is 12.6 Å². The highest BCUT2D eigenvalue weighted by Crippen LogP contribution is 1.98. The van der Waals surface area contributed by atoms with Crippen LogP contribution in [0.1, 0.15) is 6.92 Å². The molecule has 0 aliphatic heterocycles. The van der Waals surface area contributed by atoms with Gasteiger partial charge in [-0.2, -0.15) is 0 Å². The van der Waals surface area contributed by atoms with E-state index in [2.05, 4.69) is 0 Å². The van der Waals surface area contributed by atoms with Crippen LogP contribution in [-0.4, -0.2) is 45.7 Å². The van der Waals surface area contributed by atoms with Crippen LogP contribution in [0.4, 0.5) is 4.79 Å². The lowest BCUT2D eigenvalue weighted by atomic mass is 10.3. The average Bonchev–Trinajstić information content (AvgIpc) is 1.97. The molecule has 0 aliphatic carbocycles. The number of carbonyl (C=O) groups excluding carboxylic acids is 1. The molecule has 0 heterocycles. The van der Waals surface area contributed by atoms with Crippen LogP contribution in [0.25, 0.3) is 0 Å². The van der Waals surface area contributed by atoms with Crippen molar-refractivity contribution in [2.45, 2.75) is 13.0 Å². The second kappa shape index (κ2) is 4.29. The summed E-state index contributed by atoms with van der Waals surface area (Å²) in [7, 11) is 0. The summed E-state index contributed by atoms with van der Waals surface area (Å²) in [5.41, 5.74) is 4.78. The van der Waals surface area contributed by atoms with Crippen molar-refractivity contribution < 1.29 is 24.6 Å². The van der Waals surface area contributed by atoms with Gasteiger partial charge in [-0.05, 0) is 6.92 Å². The van der Waals surface area contributed by atoms with E-state index in [1.165, 1.54) is 6.92 Å². The Morgan fingerprint density at radius 3 is 2.08 bits per heavy atom. The molecule has 7 nitrogen and oxygen atoms in total. The van der Waals surface area contributed by atoms with E-state index in [1.807, 2.05) is 0 Å². The van der Waals surface area contributed by atoms with E-state index in [9.17, 15) is 14.4 Å². The van der Waals surface area contributed by atoms with E-state index in [-0.39, 0.29) is 0 Å². The van der Waals surface area contributed by atoms with Gasteiger partial charge in [0.15, 0.2) is 0 Å². The number of rotatable bonds is 4. The molecule has 1 atom stereocenters. The maximum absolute atomic E-state index is 10.6. The fourth-order valence-electron chi connectivity index (χ4n) is 0.685. The zero-order valence-corrected chi connectivity index (χ0v) is 6.93. The molecule has 0 rings (SSSR count). The van der Waals surface area contributed by atoms with Gasteiger partial charge in [0, 0.05) is 0 Å². The lowest BCUT2D eigenvalue weighted by Gasteiger charge is -2.21. The normalized spacial score (nSPS) is 11.8. The van der Waals surface area contributed by atoms with E-state index in [4.69, 9.17) is 15.9 Å². The minimum Gasteiger partial charge on any atom is -0.480 e. The standard InChI is InChI=1S/C6H10N2O5/c1-3(5(11)12)8(6(7)13)2-4(9)10/h3H,2H2,1H3,(H2,7,13)(H,9,10)(H,11,12). The number of nitrogens with two attached hydrogens (primary N) is 1. The molecule has 0 saturated carbocycles. The summed E-state index contributed by atoms with van der Waals surface area (Å²) < 4.78 is 0. The van der Waals surface area contributed by atoms with E-state index in [0.29, 0.717) is 4.90 Å². The molecule has 0 fully saturated rings. The van der Waals surface area contributed by atoms with E-state index in [0.717, 1.165) is 0 Å². The zero-order valence-electron chi connectivity index (χ0n) is 6.93. The quantitative estimate of drug-likeness (QED) is 0.520. The maximum Gasteiger partial charge on any atom is 0.326 e. The summed E-state index contributed by atoms with van der Waals surface area (Å²) in [5, 5.41) is 16.8. The highest BCUT2D eigenvalue weighted by atomic mass is 16.4. The van der Waals surface area contributed by atoms with Crippen LogP contribution in [0.2, 0.25) is 0 Å². The Kier molecular flexibility index (Phi) is 3.70. The number of amides is 2. The molecule has 2 amide bonds. The average molecular weight is 190 g/mol. The first-order valence-corrected chi connectivity index (χ1v) is 3.37. The number of primary amides is 1. The Bertz CT molecular complexity index is 239. The van der Waals surface area contributed by atoms with Crippen molar-refractivity contribution in [2.24, 2.45) is 5.73 Å². The Labute approximate surface area is 73.7 Å². The first-order chi connectivity index (χ1) is 5.86. The Hall–Kier alpha value is -1.79. The lowest BCUT2D eigenvalue weighted by Crippen LogP contribution is -2.48. The van der Waals surface area contributed by atoms with Gasteiger partial charge in [-0.25, -0.2) is 9.59 Å². The van der Waals surface area contributed by atoms with Crippen molar-refractivity contribution in [3.05, 3.63) is 0 Å². The van der Waals surface area contributed by atoms with Crippen molar-refractivity contribution in [2.75, 3.05) is 6.54 Å². The topological polar surface area (TPSA) is 121 Å². The largest absolute Gasteiger partial charge is 0.480 e. The second-order valence-electron chi connectivity index (χ2n) is 2.37. The molecule has 13 heavy (non-hydrogen) atoms. The smallest absolute Gasteiger partial charge is 0.326 e. The first-order valence-electron chi connectivity index (χ1n) is 3.37. The van der Waals surface area contributed by atoms with Crippen molar-refractivity contribution in [1.82, 2.24) is 4.90 Å². The molecule has 0 saturated heterocycles. The Morgan fingerprint density at radius 1 is 1.38 bits per heavy atom. The third-order valence-corrected chi connectivity index (χ3v) is 1.41. The molecule has 0 aromatic rings. The highest BCUT2D eigenvalue weighted by molar-refractivity contribution is 5.84. The van der Waals surface area contributed by atoms with Crippen molar-refractivity contribution >= 4 is 18.0 Å². The van der Waals surface area contributed by atoms with Crippen molar-refractivity contribution in [3.8, 4) is 0 Å². The first kappa shape index (κ1) is 11.2. The molecular formula is C6H10N2O5. The van der Waals surface area contributed by atoms with Crippen molar-refractivity contribution in [3.63, 3.8) is 0 Å². The van der Waals surface area contributed by atoms with Crippen LogP contribution >= 0.6 is 0 Å². The van der Waals surface area contributed by atoms with Gasteiger partial charge < -0.3 is 20.8 Å². The van der Waals surface area contributed by atoms with E-state index < -0.39 is 30.6 Å². The number of aliphatic carboxylic acids is 2. The third-order valence-electron chi connectivity index (χ3n) is 1.41. The van der Waals surface area contributed by atoms with E-state index in [1.54, 1.807) is 0 Å². The third kappa shape index (κ3) is 3.41. The van der Waals surface area contributed by atoms with Gasteiger partial charge in [0.05, 0.1) is 0 Å². The molecule has 1 unspecified atom stereocenters. The summed E-state index contributed by atoms with van der Waals surface area (Å²) in [6.07, 6.45) is 0. The van der Waals surface area contributed by atoms with Crippen LogP contribution < -0.4 is 5.73 Å². The highest BCUT2D eigenvalue weighted by Gasteiger charge is 2.25. The molecule has 0 aliphatic rings. The van der Waals surface area contributed by atoms with Gasteiger partial charge >= 0.3 is 18.0 Å². The van der Waals surface area contributed by atoms with Gasteiger partial charge in [-0.1, -0.05) is 0 Å². The molecule has 74 valence electrons. The van der Waals surface area contributed by atoms with Crippen LogP contribution in [0, 0.1) is 0 Å². The van der Waals surface area contributed by atoms with Gasteiger partial charge in [0.25, 0.3) is 0 Å².